The van der Waals surface area contributed by atoms with Gasteiger partial charge >= 0.3 is 5.97 Å². The van der Waals surface area contributed by atoms with Crippen LogP contribution in [0.5, 0.6) is 11.5 Å². The third-order valence-electron chi connectivity index (χ3n) is 8.11. The molecule has 0 saturated carbocycles. The van der Waals surface area contributed by atoms with E-state index in [-0.39, 0.29) is 23.9 Å². The number of aromatic carboxylic acids is 1. The van der Waals surface area contributed by atoms with Crippen molar-refractivity contribution in [3.63, 3.8) is 0 Å². The first-order valence-electron chi connectivity index (χ1n) is 14.6. The van der Waals surface area contributed by atoms with Crippen LogP contribution in [-0.4, -0.2) is 70.4 Å². The molecule has 228 valence electrons. The third-order valence-corrected chi connectivity index (χ3v) is 8.36. The molecule has 1 aliphatic carbocycles. The summed E-state index contributed by atoms with van der Waals surface area (Å²) in [5, 5.41) is 19.9. The molecule has 1 aromatic heterocycles. The van der Waals surface area contributed by atoms with Crippen LogP contribution >= 0.6 is 11.6 Å². The van der Waals surface area contributed by atoms with Crippen molar-refractivity contribution in [2.75, 3.05) is 50.0 Å². The van der Waals surface area contributed by atoms with Crippen molar-refractivity contribution >= 4 is 29.3 Å². The van der Waals surface area contributed by atoms with Gasteiger partial charge in [-0.25, -0.2) is 9.78 Å². The lowest BCUT2D eigenvalue weighted by atomic mass is 9.88. The van der Waals surface area contributed by atoms with Crippen molar-refractivity contribution in [1.82, 2.24) is 14.9 Å². The number of fused-ring (bicyclic) bond motifs is 3. The van der Waals surface area contributed by atoms with Gasteiger partial charge in [-0.1, -0.05) is 23.7 Å². The summed E-state index contributed by atoms with van der Waals surface area (Å²) in [7, 11) is 0. The number of nitrogen functional groups attached to an aromatic ring is 1. The number of rotatable bonds is 10. The van der Waals surface area contributed by atoms with Gasteiger partial charge in [0.05, 0.1) is 24.5 Å². The van der Waals surface area contributed by atoms with E-state index < -0.39 is 5.97 Å². The molecule has 1 fully saturated rings. The van der Waals surface area contributed by atoms with Gasteiger partial charge < -0.3 is 30.3 Å². The van der Waals surface area contributed by atoms with E-state index in [2.05, 4.69) is 31.9 Å². The Balaban J connectivity index is 1.05. The van der Waals surface area contributed by atoms with Crippen molar-refractivity contribution in [2.24, 2.45) is 0 Å². The SMILES string of the molecule is Nc1nc2c(c(N3CCN(CCOCc4cc(C(=O)O)ccc4O)CC3)n1)CCc1cc(OCc3ccc(Cl)cc3)ccc1-2. The van der Waals surface area contributed by atoms with E-state index in [1.807, 2.05) is 30.3 Å². The average molecular weight is 616 g/mol. The maximum atomic E-state index is 11.2. The molecule has 4 aromatic rings. The first-order valence-corrected chi connectivity index (χ1v) is 15.0. The van der Waals surface area contributed by atoms with Gasteiger partial charge in [0, 0.05) is 54.4 Å². The van der Waals surface area contributed by atoms with Crippen LogP contribution in [0.2, 0.25) is 5.02 Å². The van der Waals surface area contributed by atoms with Crippen LogP contribution in [0.3, 0.4) is 0 Å². The van der Waals surface area contributed by atoms with Crippen LogP contribution in [0.25, 0.3) is 11.3 Å². The number of hydrogen-bond acceptors (Lipinski definition) is 9. The average Bonchev–Trinajstić information content (AvgIpc) is 3.03. The lowest BCUT2D eigenvalue weighted by Gasteiger charge is -2.37. The van der Waals surface area contributed by atoms with E-state index in [1.165, 1.54) is 23.8 Å². The number of piperazine rings is 1. The van der Waals surface area contributed by atoms with Gasteiger partial charge in [-0.2, -0.15) is 4.98 Å². The second kappa shape index (κ2) is 13.1. The molecule has 0 radical (unpaired) electrons. The number of aromatic nitrogens is 2. The second-order valence-electron chi connectivity index (χ2n) is 11.0. The summed E-state index contributed by atoms with van der Waals surface area (Å²) in [6.45, 7) is 5.09. The van der Waals surface area contributed by atoms with Crippen LogP contribution in [0.4, 0.5) is 11.8 Å². The smallest absolute Gasteiger partial charge is 0.335 e. The van der Waals surface area contributed by atoms with Gasteiger partial charge in [0.1, 0.15) is 23.9 Å². The molecule has 0 atom stereocenters. The monoisotopic (exact) mass is 615 g/mol. The molecule has 2 heterocycles. The van der Waals surface area contributed by atoms with Gasteiger partial charge in [-0.15, -0.1) is 0 Å². The van der Waals surface area contributed by atoms with Gasteiger partial charge in [0.2, 0.25) is 5.95 Å². The lowest BCUT2D eigenvalue weighted by Crippen LogP contribution is -2.48. The summed E-state index contributed by atoms with van der Waals surface area (Å²) in [5.41, 5.74) is 12.1. The van der Waals surface area contributed by atoms with Crippen molar-refractivity contribution in [3.8, 4) is 22.8 Å². The molecule has 11 heteroatoms. The number of aryl methyl sites for hydroxylation is 1. The fraction of sp³-hybridized carbons (Fsp3) is 0.303. The normalized spacial score (nSPS) is 14.6. The minimum Gasteiger partial charge on any atom is -0.508 e. The van der Waals surface area contributed by atoms with E-state index in [1.54, 1.807) is 0 Å². The maximum Gasteiger partial charge on any atom is 0.335 e. The number of halogens is 1. The molecule has 0 spiro atoms. The number of phenolic OH excluding ortho intramolecular Hbond substituents is 1. The maximum absolute atomic E-state index is 11.2. The first kappa shape index (κ1) is 29.7. The predicted octanol–water partition coefficient (Wildman–Crippen LogP) is 4.80. The highest BCUT2D eigenvalue weighted by Gasteiger charge is 2.27. The molecule has 1 aliphatic heterocycles. The minimum atomic E-state index is -1.04. The number of phenols is 1. The van der Waals surface area contributed by atoms with Gasteiger partial charge in [0.15, 0.2) is 0 Å². The van der Waals surface area contributed by atoms with E-state index in [4.69, 9.17) is 26.8 Å². The third kappa shape index (κ3) is 6.72. The zero-order valence-corrected chi connectivity index (χ0v) is 25.0. The lowest BCUT2D eigenvalue weighted by molar-refractivity contribution is 0.0695. The Morgan fingerprint density at radius 2 is 1.75 bits per heavy atom. The fourth-order valence-electron chi connectivity index (χ4n) is 5.70. The second-order valence-corrected chi connectivity index (χ2v) is 11.4. The Bertz CT molecular complexity index is 1660. The molecular formula is C33H34ClN5O5. The zero-order valence-electron chi connectivity index (χ0n) is 24.2. The molecule has 3 aromatic carbocycles. The van der Waals surface area contributed by atoms with Crippen molar-refractivity contribution in [2.45, 2.75) is 26.1 Å². The summed E-state index contributed by atoms with van der Waals surface area (Å²) in [6, 6.07) is 18.0. The summed E-state index contributed by atoms with van der Waals surface area (Å²) >= 11 is 5.99. The Hall–Kier alpha value is -4.38. The predicted molar refractivity (Wildman–Crippen MR) is 168 cm³/mol. The molecule has 0 amide bonds. The molecule has 1 saturated heterocycles. The number of carbonyl (C=O) groups is 1. The molecular weight excluding hydrogens is 582 g/mol. The highest BCUT2D eigenvalue weighted by molar-refractivity contribution is 6.30. The summed E-state index contributed by atoms with van der Waals surface area (Å²) in [6.07, 6.45) is 1.69. The Labute approximate surface area is 260 Å². The topological polar surface area (TPSA) is 134 Å². The van der Waals surface area contributed by atoms with E-state index >= 15 is 0 Å². The van der Waals surface area contributed by atoms with Gasteiger partial charge in [-0.3, -0.25) is 4.90 Å². The van der Waals surface area contributed by atoms with E-state index in [0.717, 1.165) is 79.5 Å². The number of aromatic hydroxyl groups is 1. The van der Waals surface area contributed by atoms with E-state index in [0.29, 0.717) is 23.8 Å². The number of nitrogens with zero attached hydrogens (tertiary/aromatic N) is 4. The summed E-state index contributed by atoms with van der Waals surface area (Å²) < 4.78 is 11.8. The fourth-order valence-corrected chi connectivity index (χ4v) is 5.83. The molecule has 10 nitrogen and oxygen atoms in total. The number of carboxylic acid groups (broad SMARTS) is 1. The number of nitrogens with two attached hydrogens (primary N) is 1. The van der Waals surface area contributed by atoms with Crippen molar-refractivity contribution in [1.29, 1.82) is 0 Å². The molecule has 6 rings (SSSR count). The van der Waals surface area contributed by atoms with Crippen LogP contribution in [0, 0.1) is 0 Å². The molecule has 2 aliphatic rings. The number of hydrogen-bond donors (Lipinski definition) is 3. The van der Waals surface area contributed by atoms with E-state index in [9.17, 15) is 15.0 Å². The molecule has 0 unspecified atom stereocenters. The molecule has 4 N–H and O–H groups in total. The Morgan fingerprint density at radius 3 is 2.52 bits per heavy atom. The number of benzene rings is 3. The summed E-state index contributed by atoms with van der Waals surface area (Å²) in [5.74, 6) is 0.980. The molecule has 0 bridgehead atoms. The zero-order chi connectivity index (χ0) is 30.6. The number of ether oxygens (including phenoxy) is 2. The van der Waals surface area contributed by atoms with Crippen LogP contribution in [0.1, 0.15) is 32.6 Å². The highest BCUT2D eigenvalue weighted by atomic mass is 35.5. The Kier molecular flexibility index (Phi) is 8.83. The van der Waals surface area contributed by atoms with Crippen LogP contribution in [-0.2, 0) is 30.8 Å². The quantitative estimate of drug-likeness (QED) is 0.214. The molecule has 44 heavy (non-hydrogen) atoms. The van der Waals surface area contributed by atoms with Gasteiger partial charge in [-0.05, 0) is 72.5 Å². The van der Waals surface area contributed by atoms with Crippen LogP contribution < -0.4 is 15.4 Å². The van der Waals surface area contributed by atoms with Gasteiger partial charge in [0.25, 0.3) is 0 Å². The Morgan fingerprint density at radius 1 is 0.955 bits per heavy atom. The van der Waals surface area contributed by atoms with Crippen LogP contribution in [0.15, 0.2) is 60.7 Å². The largest absolute Gasteiger partial charge is 0.508 e. The standard InChI is InChI=1S/C33H34ClN5O5/c34-25-5-1-21(2-6-25)19-44-26-7-9-27-22(18-26)3-8-28-30(27)36-33(35)37-31(28)39-13-11-38(12-14-39)15-16-43-20-24-17-23(32(41)42)4-10-29(24)40/h1-2,4-7,9-10,17-18,40H,3,8,11-16,19-20H2,(H,41,42)(H2,35,36,37). The minimum absolute atomic E-state index is 0.0293. The van der Waals surface area contributed by atoms with Crippen molar-refractivity contribution < 1.29 is 24.5 Å². The first-order chi connectivity index (χ1) is 21.3. The number of anilines is 2. The highest BCUT2D eigenvalue weighted by Crippen LogP contribution is 2.38. The van der Waals surface area contributed by atoms with Crippen molar-refractivity contribution in [3.05, 3.63) is 93.5 Å². The number of carboxylic acids is 1. The summed E-state index contributed by atoms with van der Waals surface area (Å²) in [4.78, 5) is 25.2.